The summed E-state index contributed by atoms with van der Waals surface area (Å²) in [6, 6.07) is 7.32. The van der Waals surface area contributed by atoms with Gasteiger partial charge in [0.25, 0.3) is 0 Å². The van der Waals surface area contributed by atoms with E-state index in [0.29, 0.717) is 0 Å². The summed E-state index contributed by atoms with van der Waals surface area (Å²) in [5.41, 5.74) is 2.19. The third-order valence-corrected chi connectivity index (χ3v) is 4.88. The molecule has 20 heavy (non-hydrogen) atoms. The topological polar surface area (TPSA) is 24.9 Å². The molecule has 0 bridgehead atoms. The van der Waals surface area contributed by atoms with Gasteiger partial charge in [0.1, 0.15) is 5.82 Å². The predicted octanol–water partition coefficient (Wildman–Crippen LogP) is 4.31. The zero-order valence-electron chi connectivity index (χ0n) is 10.8. The van der Waals surface area contributed by atoms with E-state index in [2.05, 4.69) is 26.2 Å². The largest absolute Gasteiger partial charge is 0.306 e. The van der Waals surface area contributed by atoms with Crippen LogP contribution >= 0.6 is 27.7 Å². The maximum absolute atomic E-state index is 13.4. The molecule has 1 aromatic carbocycles. The first-order valence-corrected chi connectivity index (χ1v) is 8.25. The Bertz CT molecular complexity index is 621. The molecule has 3 rings (SSSR count). The van der Waals surface area contributed by atoms with E-state index < -0.39 is 0 Å². The zero-order chi connectivity index (χ0) is 13.9. The molecule has 1 N–H and O–H groups in total. The fourth-order valence-corrected chi connectivity index (χ4v) is 3.89. The minimum absolute atomic E-state index is 0.165. The lowest BCUT2D eigenvalue weighted by atomic mass is 10.0. The highest BCUT2D eigenvalue weighted by molar-refractivity contribution is 9.10. The number of hydrogen-bond acceptors (Lipinski definition) is 3. The van der Waals surface area contributed by atoms with Crippen molar-refractivity contribution in [2.45, 2.75) is 23.9 Å². The van der Waals surface area contributed by atoms with E-state index in [-0.39, 0.29) is 11.9 Å². The van der Waals surface area contributed by atoms with Crippen molar-refractivity contribution in [3.05, 3.63) is 58.1 Å². The van der Waals surface area contributed by atoms with Crippen LogP contribution in [0.3, 0.4) is 0 Å². The molecule has 0 aliphatic carbocycles. The highest BCUT2D eigenvalue weighted by Gasteiger charge is 2.20. The molecule has 1 aliphatic rings. The molecule has 104 valence electrons. The van der Waals surface area contributed by atoms with Crippen LogP contribution in [0.4, 0.5) is 4.39 Å². The van der Waals surface area contributed by atoms with Crippen LogP contribution in [0.25, 0.3) is 0 Å². The molecule has 1 unspecified atom stereocenters. The summed E-state index contributed by atoms with van der Waals surface area (Å²) in [4.78, 5) is 5.34. The van der Waals surface area contributed by atoms with Crippen LogP contribution in [0.1, 0.15) is 23.6 Å². The fourth-order valence-electron chi connectivity index (χ4n) is 2.37. The normalized spacial score (nSPS) is 17.8. The molecule has 0 radical (unpaired) electrons. The Balaban J connectivity index is 1.75. The van der Waals surface area contributed by atoms with Crippen LogP contribution in [-0.2, 0) is 6.54 Å². The number of nitrogens with one attached hydrogen (secondary N) is 1. The van der Waals surface area contributed by atoms with Gasteiger partial charge in [-0.2, -0.15) is 0 Å². The monoisotopic (exact) mass is 352 g/mol. The van der Waals surface area contributed by atoms with Gasteiger partial charge in [-0.05, 0) is 63.5 Å². The van der Waals surface area contributed by atoms with E-state index in [0.717, 1.165) is 34.3 Å². The summed E-state index contributed by atoms with van der Waals surface area (Å²) in [6.07, 6.45) is 4.63. The second-order valence-electron chi connectivity index (χ2n) is 4.76. The minimum atomic E-state index is -0.165. The smallest absolute Gasteiger partial charge is 0.123 e. The highest BCUT2D eigenvalue weighted by Crippen LogP contribution is 2.36. The van der Waals surface area contributed by atoms with Gasteiger partial charge in [-0.25, -0.2) is 4.39 Å². The van der Waals surface area contributed by atoms with Crippen molar-refractivity contribution < 1.29 is 4.39 Å². The Hall–Kier alpha value is -0.910. The lowest BCUT2D eigenvalue weighted by molar-refractivity contribution is 0.504. The van der Waals surface area contributed by atoms with E-state index in [1.807, 2.05) is 18.3 Å². The molecule has 2 nitrogen and oxygen atoms in total. The van der Waals surface area contributed by atoms with E-state index in [4.69, 9.17) is 0 Å². The number of halogens is 2. The number of thioether (sulfide) groups is 1. The molecule has 2 heterocycles. The van der Waals surface area contributed by atoms with Crippen LogP contribution in [0.15, 0.2) is 46.0 Å². The van der Waals surface area contributed by atoms with Gasteiger partial charge in [-0.15, -0.1) is 11.8 Å². The highest BCUT2D eigenvalue weighted by atomic mass is 79.9. The van der Waals surface area contributed by atoms with E-state index >= 15 is 0 Å². The van der Waals surface area contributed by atoms with Gasteiger partial charge < -0.3 is 5.32 Å². The average Bonchev–Trinajstić information content (AvgIpc) is 2.45. The Labute approximate surface area is 130 Å². The Morgan fingerprint density at radius 1 is 1.35 bits per heavy atom. The van der Waals surface area contributed by atoms with Crippen molar-refractivity contribution in [3.63, 3.8) is 0 Å². The van der Waals surface area contributed by atoms with Gasteiger partial charge >= 0.3 is 0 Å². The first kappa shape index (κ1) is 14.0. The molecule has 1 atom stereocenters. The predicted molar refractivity (Wildman–Crippen MR) is 83.3 cm³/mol. The lowest BCUT2D eigenvalue weighted by Gasteiger charge is -2.26. The first-order chi connectivity index (χ1) is 9.72. The molecule has 1 aliphatic heterocycles. The van der Waals surface area contributed by atoms with Crippen molar-refractivity contribution in [3.8, 4) is 0 Å². The third-order valence-electron chi connectivity index (χ3n) is 3.33. The van der Waals surface area contributed by atoms with Gasteiger partial charge in [-0.1, -0.05) is 0 Å². The Morgan fingerprint density at radius 3 is 3.10 bits per heavy atom. The van der Waals surface area contributed by atoms with Crippen molar-refractivity contribution in [1.29, 1.82) is 0 Å². The van der Waals surface area contributed by atoms with E-state index in [1.165, 1.54) is 11.0 Å². The number of pyridine rings is 1. The number of fused-ring (bicyclic) bond motifs is 1. The number of aromatic nitrogens is 1. The number of rotatable bonds is 3. The minimum Gasteiger partial charge on any atom is -0.306 e. The molecule has 0 spiro atoms. The quantitative estimate of drug-likeness (QED) is 0.890. The van der Waals surface area contributed by atoms with Crippen LogP contribution in [0.5, 0.6) is 0 Å². The zero-order valence-corrected chi connectivity index (χ0v) is 13.2. The van der Waals surface area contributed by atoms with Gasteiger partial charge in [-0.3, -0.25) is 4.98 Å². The molecule has 2 aromatic rings. The number of hydrogen-bond donors (Lipinski definition) is 1. The molecule has 0 fully saturated rings. The van der Waals surface area contributed by atoms with Crippen molar-refractivity contribution in [2.75, 3.05) is 5.75 Å². The average molecular weight is 353 g/mol. The molecule has 0 amide bonds. The maximum Gasteiger partial charge on any atom is 0.123 e. The van der Waals surface area contributed by atoms with Crippen LogP contribution in [0, 0.1) is 5.82 Å². The van der Waals surface area contributed by atoms with E-state index in [1.54, 1.807) is 24.0 Å². The standard InChI is InChI=1S/C15H14BrFN2S/c16-11-5-10(7-18-9-11)8-19-14-3-4-20-15-2-1-12(17)6-13(14)15/h1-2,5-7,9,14,19H,3-4,8H2. The van der Waals surface area contributed by atoms with E-state index in [9.17, 15) is 4.39 Å². The molecular weight excluding hydrogens is 339 g/mol. The van der Waals surface area contributed by atoms with Gasteiger partial charge in [0, 0.05) is 34.3 Å². The first-order valence-electron chi connectivity index (χ1n) is 6.47. The summed E-state index contributed by atoms with van der Waals surface area (Å²) in [5, 5.41) is 3.51. The van der Waals surface area contributed by atoms with Crippen LogP contribution in [0.2, 0.25) is 0 Å². The second-order valence-corrected chi connectivity index (χ2v) is 6.82. The summed E-state index contributed by atoms with van der Waals surface area (Å²) in [7, 11) is 0. The molecular formula is C15H14BrFN2S. The second kappa shape index (κ2) is 6.24. The van der Waals surface area contributed by atoms with Crippen molar-refractivity contribution >= 4 is 27.7 Å². The lowest BCUT2D eigenvalue weighted by Crippen LogP contribution is -2.24. The molecule has 0 saturated heterocycles. The van der Waals surface area contributed by atoms with Gasteiger partial charge in [0.2, 0.25) is 0 Å². The third kappa shape index (κ3) is 3.22. The molecule has 5 heteroatoms. The SMILES string of the molecule is Fc1ccc2c(c1)C(NCc1cncc(Br)c1)CCS2. The molecule has 1 aromatic heterocycles. The Morgan fingerprint density at radius 2 is 2.25 bits per heavy atom. The summed E-state index contributed by atoms with van der Waals surface area (Å²) in [5.74, 6) is 0.898. The molecule has 0 saturated carbocycles. The van der Waals surface area contributed by atoms with Crippen molar-refractivity contribution in [2.24, 2.45) is 0 Å². The number of nitrogens with zero attached hydrogens (tertiary/aromatic N) is 1. The fraction of sp³-hybridized carbons (Fsp3) is 0.267. The summed E-state index contributed by atoms with van der Waals surface area (Å²) in [6.45, 7) is 0.734. The van der Waals surface area contributed by atoms with Crippen LogP contribution in [-0.4, -0.2) is 10.7 Å². The van der Waals surface area contributed by atoms with Crippen molar-refractivity contribution in [1.82, 2.24) is 10.3 Å². The van der Waals surface area contributed by atoms with Crippen LogP contribution < -0.4 is 5.32 Å². The van der Waals surface area contributed by atoms with Gasteiger partial charge in [0.15, 0.2) is 0 Å². The summed E-state index contributed by atoms with van der Waals surface area (Å²) >= 11 is 5.22. The summed E-state index contributed by atoms with van der Waals surface area (Å²) < 4.78 is 14.4. The maximum atomic E-state index is 13.4. The van der Waals surface area contributed by atoms with Gasteiger partial charge in [0.05, 0.1) is 0 Å². The Kier molecular flexibility index (Phi) is 4.38. The number of benzene rings is 1.